The predicted molar refractivity (Wildman–Crippen MR) is 150 cm³/mol. The summed E-state index contributed by atoms with van der Waals surface area (Å²) in [7, 11) is 0. The minimum Gasteiger partial charge on any atom is -0.480 e. The van der Waals surface area contributed by atoms with Crippen molar-refractivity contribution in [1.82, 2.24) is 50.8 Å². The number of hydrogen-bond acceptors (Lipinski definition) is 10. The number of aromatic amines is 3. The highest BCUT2D eigenvalue weighted by Gasteiger charge is 2.38. The highest BCUT2D eigenvalue weighted by atomic mass is 16.4. The summed E-state index contributed by atoms with van der Waals surface area (Å²) in [5.41, 5.74) is 7.17. The van der Waals surface area contributed by atoms with Crippen LogP contribution in [-0.4, -0.2) is 118 Å². The Morgan fingerprint density at radius 1 is 0.841 bits per heavy atom. The number of nitrogens with zero attached hydrogens (tertiary/aromatic N) is 4. The predicted octanol–water partition coefficient (Wildman–Crippen LogP) is -3.27. The Morgan fingerprint density at radius 3 is 1.77 bits per heavy atom. The summed E-state index contributed by atoms with van der Waals surface area (Å²) in [6.45, 7) is -0.323. The Morgan fingerprint density at radius 2 is 1.32 bits per heavy atom. The average Bonchev–Trinajstić information content (AvgIpc) is 3.83. The number of H-pyrrole nitrogens is 3. The lowest BCUT2D eigenvalue weighted by atomic mass is 10.1. The van der Waals surface area contributed by atoms with E-state index in [1.807, 2.05) is 0 Å². The van der Waals surface area contributed by atoms with Gasteiger partial charge in [-0.2, -0.15) is 0 Å². The molecule has 18 heteroatoms. The van der Waals surface area contributed by atoms with Gasteiger partial charge in [0.15, 0.2) is 0 Å². The molecule has 1 saturated heterocycles. The standard InChI is InChI=1S/C26H35N11O7/c27-17(10-38)25(42)37-3-1-2-21(37)24(41)35-19(5-15-8-29-12-32-15)22(39)34-18(4-14-7-28-11-31-14)23(40)36-20(26(43)44)6-16-9-30-13-33-16/h7-9,11-13,17-21,38H,1-6,10,27H2,(H,28,31)(H,29,32)(H,30,33)(H,34,39)(H,35,41)(H,36,40)(H,43,44)/t17-,18-,19-,20-,21-/m0/s1. The molecule has 44 heavy (non-hydrogen) atoms. The van der Waals surface area contributed by atoms with E-state index in [0.29, 0.717) is 29.9 Å². The lowest BCUT2D eigenvalue weighted by molar-refractivity contribution is -0.142. The molecule has 236 valence electrons. The molecule has 0 radical (unpaired) electrons. The van der Waals surface area contributed by atoms with Gasteiger partial charge in [-0.25, -0.2) is 19.7 Å². The smallest absolute Gasteiger partial charge is 0.326 e. The number of carboxylic acids is 1. The molecule has 4 rings (SSSR count). The maximum atomic E-state index is 13.7. The minimum atomic E-state index is -1.33. The number of carboxylic acid groups (broad SMARTS) is 1. The second-order valence-corrected chi connectivity index (χ2v) is 10.3. The number of hydrogen-bond donors (Lipinski definition) is 9. The molecule has 18 nitrogen and oxygen atoms in total. The zero-order valence-corrected chi connectivity index (χ0v) is 23.6. The molecule has 0 bridgehead atoms. The molecule has 0 aliphatic carbocycles. The monoisotopic (exact) mass is 613 g/mol. The third-order valence-electron chi connectivity index (χ3n) is 7.17. The van der Waals surface area contributed by atoms with Gasteiger partial charge in [0.05, 0.1) is 25.6 Å². The normalized spacial score (nSPS) is 17.3. The van der Waals surface area contributed by atoms with E-state index < -0.39 is 66.4 Å². The Bertz CT molecular complexity index is 1400. The molecule has 5 atom stereocenters. The van der Waals surface area contributed by atoms with E-state index in [0.717, 1.165) is 0 Å². The third-order valence-corrected chi connectivity index (χ3v) is 7.17. The van der Waals surface area contributed by atoms with Gasteiger partial charge in [0.2, 0.25) is 23.6 Å². The van der Waals surface area contributed by atoms with E-state index in [1.165, 1.54) is 42.5 Å². The van der Waals surface area contributed by atoms with Crippen LogP contribution in [0.25, 0.3) is 0 Å². The lowest BCUT2D eigenvalue weighted by Gasteiger charge is -2.28. The van der Waals surface area contributed by atoms with Crippen molar-refractivity contribution in [2.24, 2.45) is 5.73 Å². The molecule has 1 fully saturated rings. The van der Waals surface area contributed by atoms with E-state index in [4.69, 9.17) is 5.73 Å². The molecule has 0 spiro atoms. The molecule has 4 amide bonds. The van der Waals surface area contributed by atoms with E-state index in [-0.39, 0.29) is 25.8 Å². The second-order valence-electron chi connectivity index (χ2n) is 10.3. The number of carbonyl (C=O) groups is 5. The van der Waals surface area contributed by atoms with Gasteiger partial charge in [0.1, 0.15) is 30.2 Å². The molecule has 1 aliphatic rings. The largest absolute Gasteiger partial charge is 0.480 e. The van der Waals surface area contributed by atoms with Gasteiger partial charge >= 0.3 is 5.97 Å². The first-order chi connectivity index (χ1) is 21.2. The van der Waals surface area contributed by atoms with E-state index in [2.05, 4.69) is 45.9 Å². The molecular weight excluding hydrogens is 578 g/mol. The van der Waals surface area contributed by atoms with Crippen molar-refractivity contribution >= 4 is 29.6 Å². The number of likely N-dealkylation sites (tertiary alicyclic amines) is 1. The number of amides is 4. The number of nitrogens with two attached hydrogens (primary N) is 1. The fraction of sp³-hybridized carbons (Fsp3) is 0.462. The van der Waals surface area contributed by atoms with Crippen LogP contribution in [0.4, 0.5) is 0 Å². The minimum absolute atomic E-state index is 0.0373. The molecule has 3 aromatic heterocycles. The van der Waals surface area contributed by atoms with E-state index in [1.54, 1.807) is 0 Å². The Labute approximate surface area is 250 Å². The molecule has 1 aliphatic heterocycles. The summed E-state index contributed by atoms with van der Waals surface area (Å²) < 4.78 is 0. The number of nitrogens with one attached hydrogen (secondary N) is 6. The number of aliphatic hydroxyl groups excluding tert-OH is 1. The third kappa shape index (κ3) is 8.26. The Hall–Kier alpha value is -5.10. The quantitative estimate of drug-likeness (QED) is 0.0820. The Balaban J connectivity index is 1.52. The zero-order valence-electron chi connectivity index (χ0n) is 23.6. The van der Waals surface area contributed by atoms with Crippen molar-refractivity contribution in [1.29, 1.82) is 0 Å². The van der Waals surface area contributed by atoms with Gasteiger partial charge in [0.25, 0.3) is 0 Å². The van der Waals surface area contributed by atoms with Crippen LogP contribution in [0.5, 0.6) is 0 Å². The first-order valence-electron chi connectivity index (χ1n) is 13.9. The van der Waals surface area contributed by atoms with Crippen LogP contribution in [0.15, 0.2) is 37.6 Å². The van der Waals surface area contributed by atoms with Gasteiger partial charge in [-0.15, -0.1) is 0 Å². The van der Waals surface area contributed by atoms with Gasteiger partial charge in [-0.05, 0) is 12.8 Å². The summed E-state index contributed by atoms with van der Waals surface area (Å²) in [6, 6.07) is -5.91. The fourth-order valence-electron chi connectivity index (χ4n) is 4.87. The molecule has 0 saturated carbocycles. The van der Waals surface area contributed by atoms with Crippen LogP contribution in [0.1, 0.15) is 29.9 Å². The van der Waals surface area contributed by atoms with Gasteiger partial charge < -0.3 is 51.7 Å². The number of imidazole rings is 3. The lowest BCUT2D eigenvalue weighted by Crippen LogP contribution is -2.59. The van der Waals surface area contributed by atoms with Crippen LogP contribution in [0, 0.1) is 0 Å². The molecule has 3 aromatic rings. The number of aromatic nitrogens is 6. The summed E-state index contributed by atoms with van der Waals surface area (Å²) in [5.74, 6) is -4.01. The van der Waals surface area contributed by atoms with Gasteiger partial charge in [-0.1, -0.05) is 0 Å². The first kappa shape index (κ1) is 31.8. The van der Waals surface area contributed by atoms with Crippen LogP contribution >= 0.6 is 0 Å². The van der Waals surface area contributed by atoms with Gasteiger partial charge in [0, 0.05) is 61.5 Å². The van der Waals surface area contributed by atoms with Crippen LogP contribution in [-0.2, 0) is 43.2 Å². The van der Waals surface area contributed by atoms with Crippen molar-refractivity contribution in [3.8, 4) is 0 Å². The van der Waals surface area contributed by atoms with Crippen LogP contribution in [0.3, 0.4) is 0 Å². The number of carbonyl (C=O) groups excluding carboxylic acids is 4. The first-order valence-corrected chi connectivity index (χ1v) is 13.9. The highest BCUT2D eigenvalue weighted by molar-refractivity contribution is 5.95. The summed E-state index contributed by atoms with van der Waals surface area (Å²) in [6.07, 6.45) is 9.20. The van der Waals surface area contributed by atoms with Crippen LogP contribution in [0.2, 0.25) is 0 Å². The average molecular weight is 614 g/mol. The fourth-order valence-corrected chi connectivity index (χ4v) is 4.87. The maximum Gasteiger partial charge on any atom is 0.326 e. The summed E-state index contributed by atoms with van der Waals surface area (Å²) >= 11 is 0. The molecule has 0 unspecified atom stereocenters. The topological polar surface area (TPSA) is 277 Å². The van der Waals surface area contributed by atoms with Crippen molar-refractivity contribution in [3.05, 3.63) is 54.7 Å². The van der Waals surface area contributed by atoms with Crippen molar-refractivity contribution in [3.63, 3.8) is 0 Å². The van der Waals surface area contributed by atoms with Crippen molar-refractivity contribution in [2.75, 3.05) is 13.2 Å². The second kappa shape index (κ2) is 14.9. The van der Waals surface area contributed by atoms with Crippen molar-refractivity contribution < 1.29 is 34.2 Å². The van der Waals surface area contributed by atoms with E-state index >= 15 is 0 Å². The Kier molecular flexibility index (Phi) is 10.8. The number of rotatable bonds is 15. The SMILES string of the molecule is N[C@@H](CO)C(=O)N1CCC[C@H]1C(=O)N[C@@H](Cc1cnc[nH]1)C(=O)N[C@@H](Cc1cnc[nH]1)C(=O)N[C@@H](Cc1cnc[nH]1)C(=O)O. The molecule has 4 heterocycles. The zero-order chi connectivity index (χ0) is 31.6. The maximum absolute atomic E-state index is 13.7. The molecular formula is C26H35N11O7. The number of aliphatic carboxylic acids is 1. The van der Waals surface area contributed by atoms with Gasteiger partial charge in [-0.3, -0.25) is 19.2 Å². The highest BCUT2D eigenvalue weighted by Crippen LogP contribution is 2.19. The molecule has 0 aromatic carbocycles. The van der Waals surface area contributed by atoms with E-state index in [9.17, 15) is 34.2 Å². The summed E-state index contributed by atoms with van der Waals surface area (Å²) in [4.78, 5) is 86.6. The van der Waals surface area contributed by atoms with Crippen LogP contribution < -0.4 is 21.7 Å². The van der Waals surface area contributed by atoms with Crippen molar-refractivity contribution in [2.45, 2.75) is 62.3 Å². The number of aliphatic hydroxyl groups is 1. The summed E-state index contributed by atoms with van der Waals surface area (Å²) in [5, 5.41) is 26.8. The molecule has 10 N–H and O–H groups in total.